The molecular weight excluding hydrogens is 236 g/mol. The zero-order valence-electron chi connectivity index (χ0n) is 12.1. The van der Waals surface area contributed by atoms with E-state index >= 15 is 0 Å². The molecule has 0 spiro atoms. The van der Waals surface area contributed by atoms with E-state index < -0.39 is 0 Å². The molecule has 3 nitrogen and oxygen atoms in total. The van der Waals surface area contributed by atoms with Crippen LogP contribution in [-0.4, -0.2) is 36.7 Å². The Morgan fingerprint density at radius 2 is 2.37 bits per heavy atom. The predicted molar refractivity (Wildman–Crippen MR) is 75.9 cm³/mol. The maximum atomic E-state index is 5.51. The molecule has 1 saturated heterocycles. The first-order valence-electron chi connectivity index (χ1n) is 7.36. The van der Waals surface area contributed by atoms with Crippen molar-refractivity contribution in [3.8, 4) is 0 Å². The summed E-state index contributed by atoms with van der Waals surface area (Å²) in [5.41, 5.74) is 2.74. The number of pyridine rings is 1. The van der Waals surface area contributed by atoms with Crippen LogP contribution >= 0.6 is 0 Å². The van der Waals surface area contributed by atoms with Crippen LogP contribution < -0.4 is 0 Å². The summed E-state index contributed by atoms with van der Waals surface area (Å²) < 4.78 is 5.51. The lowest BCUT2D eigenvalue weighted by atomic mass is 9.82. The molecule has 2 aliphatic rings. The van der Waals surface area contributed by atoms with Crippen molar-refractivity contribution in [2.45, 2.75) is 32.7 Å². The van der Waals surface area contributed by atoms with E-state index in [1.54, 1.807) is 0 Å². The molecule has 1 aliphatic heterocycles. The standard InChI is InChI=1S/C16H24N2O/c1-13-5-3-7-15(17-13)10-18-9-14-6-4-8-16(14,11-18)12-19-2/h3,5,7,14H,4,6,8-12H2,1-2H3/t14-,16+/m1/s1. The van der Waals surface area contributed by atoms with Crippen molar-refractivity contribution in [1.29, 1.82) is 0 Å². The van der Waals surface area contributed by atoms with Gasteiger partial charge in [-0.3, -0.25) is 9.88 Å². The number of nitrogens with zero attached hydrogens (tertiary/aromatic N) is 2. The molecule has 3 heteroatoms. The van der Waals surface area contributed by atoms with Gasteiger partial charge in [-0.25, -0.2) is 0 Å². The third-order valence-corrected chi connectivity index (χ3v) is 4.87. The van der Waals surface area contributed by atoms with Crippen molar-refractivity contribution in [1.82, 2.24) is 9.88 Å². The average molecular weight is 260 g/mol. The third kappa shape index (κ3) is 2.54. The minimum atomic E-state index is 0.429. The molecule has 0 aromatic carbocycles. The topological polar surface area (TPSA) is 25.4 Å². The SMILES string of the molecule is COC[C@@]12CCC[C@@H]1CN(Cc1cccc(C)n1)C2. The highest BCUT2D eigenvalue weighted by atomic mass is 16.5. The fourth-order valence-corrected chi connectivity index (χ4v) is 4.09. The lowest BCUT2D eigenvalue weighted by Crippen LogP contribution is -2.31. The van der Waals surface area contributed by atoms with Gasteiger partial charge in [-0.2, -0.15) is 0 Å². The van der Waals surface area contributed by atoms with Crippen molar-refractivity contribution in [2.24, 2.45) is 11.3 Å². The van der Waals surface area contributed by atoms with E-state index in [4.69, 9.17) is 4.74 Å². The van der Waals surface area contributed by atoms with Gasteiger partial charge in [-0.15, -0.1) is 0 Å². The second kappa shape index (κ2) is 5.22. The minimum absolute atomic E-state index is 0.429. The van der Waals surface area contributed by atoms with E-state index in [9.17, 15) is 0 Å². The molecule has 19 heavy (non-hydrogen) atoms. The highest BCUT2D eigenvalue weighted by Gasteiger charge is 2.49. The van der Waals surface area contributed by atoms with Crippen LogP contribution in [-0.2, 0) is 11.3 Å². The highest BCUT2D eigenvalue weighted by molar-refractivity contribution is 5.11. The molecule has 0 amide bonds. The number of aromatic nitrogens is 1. The van der Waals surface area contributed by atoms with Gasteiger partial charge in [0, 0.05) is 37.9 Å². The van der Waals surface area contributed by atoms with E-state index in [0.717, 1.165) is 24.8 Å². The second-order valence-electron chi connectivity index (χ2n) is 6.32. The fraction of sp³-hybridized carbons (Fsp3) is 0.688. The van der Waals surface area contributed by atoms with Gasteiger partial charge in [-0.05, 0) is 37.8 Å². The molecule has 0 radical (unpaired) electrons. The van der Waals surface area contributed by atoms with Gasteiger partial charge >= 0.3 is 0 Å². The van der Waals surface area contributed by atoms with Crippen LogP contribution in [0, 0.1) is 18.3 Å². The van der Waals surface area contributed by atoms with Crippen LogP contribution in [0.4, 0.5) is 0 Å². The van der Waals surface area contributed by atoms with Gasteiger partial charge in [0.05, 0.1) is 12.3 Å². The minimum Gasteiger partial charge on any atom is -0.384 e. The number of hydrogen-bond acceptors (Lipinski definition) is 3. The molecule has 104 valence electrons. The first-order chi connectivity index (χ1) is 9.22. The van der Waals surface area contributed by atoms with Crippen LogP contribution in [0.3, 0.4) is 0 Å². The molecule has 1 aromatic heterocycles. The third-order valence-electron chi connectivity index (χ3n) is 4.87. The monoisotopic (exact) mass is 260 g/mol. The van der Waals surface area contributed by atoms with Gasteiger partial charge in [0.15, 0.2) is 0 Å². The molecule has 2 heterocycles. The Morgan fingerprint density at radius 3 is 3.16 bits per heavy atom. The molecule has 0 N–H and O–H groups in total. The van der Waals surface area contributed by atoms with Gasteiger partial charge in [0.1, 0.15) is 0 Å². The first kappa shape index (κ1) is 13.1. The van der Waals surface area contributed by atoms with Crippen molar-refractivity contribution >= 4 is 0 Å². The molecule has 0 bridgehead atoms. The summed E-state index contributed by atoms with van der Waals surface area (Å²) in [6, 6.07) is 6.32. The van der Waals surface area contributed by atoms with Crippen LogP contribution in [0.25, 0.3) is 0 Å². The molecule has 2 fully saturated rings. The summed E-state index contributed by atoms with van der Waals surface area (Å²) in [7, 11) is 1.84. The van der Waals surface area contributed by atoms with Crippen molar-refractivity contribution in [3.05, 3.63) is 29.6 Å². The molecular formula is C16H24N2O. The number of hydrogen-bond donors (Lipinski definition) is 0. The summed E-state index contributed by atoms with van der Waals surface area (Å²) in [6.07, 6.45) is 4.09. The number of aryl methyl sites for hydroxylation is 1. The van der Waals surface area contributed by atoms with Gasteiger partial charge in [0.25, 0.3) is 0 Å². The van der Waals surface area contributed by atoms with E-state index in [1.807, 2.05) is 7.11 Å². The number of fused-ring (bicyclic) bond motifs is 1. The number of methoxy groups -OCH3 is 1. The van der Waals surface area contributed by atoms with E-state index in [-0.39, 0.29) is 0 Å². The maximum Gasteiger partial charge on any atom is 0.0547 e. The Morgan fingerprint density at radius 1 is 1.47 bits per heavy atom. The lowest BCUT2D eigenvalue weighted by molar-refractivity contribution is 0.0699. The van der Waals surface area contributed by atoms with Crippen LogP contribution in [0.15, 0.2) is 18.2 Å². The Labute approximate surface area is 116 Å². The molecule has 0 unspecified atom stereocenters. The fourth-order valence-electron chi connectivity index (χ4n) is 4.09. The Kier molecular flexibility index (Phi) is 3.59. The summed E-state index contributed by atoms with van der Waals surface area (Å²) in [4.78, 5) is 7.20. The number of ether oxygens (including phenoxy) is 1. The molecule has 1 aromatic rings. The molecule has 1 aliphatic carbocycles. The molecule has 1 saturated carbocycles. The summed E-state index contributed by atoms with van der Waals surface area (Å²) in [6.45, 7) is 6.38. The normalized spacial score (nSPS) is 30.7. The Balaban J connectivity index is 1.68. The van der Waals surface area contributed by atoms with Crippen LogP contribution in [0.1, 0.15) is 30.7 Å². The van der Waals surface area contributed by atoms with Crippen molar-refractivity contribution in [2.75, 3.05) is 26.8 Å². The van der Waals surface area contributed by atoms with Crippen LogP contribution in [0.5, 0.6) is 0 Å². The maximum absolute atomic E-state index is 5.51. The summed E-state index contributed by atoms with van der Waals surface area (Å²) in [5.74, 6) is 0.831. The highest BCUT2D eigenvalue weighted by Crippen LogP contribution is 2.48. The largest absolute Gasteiger partial charge is 0.384 e. The number of rotatable bonds is 4. The average Bonchev–Trinajstić information content (AvgIpc) is 2.85. The zero-order valence-corrected chi connectivity index (χ0v) is 12.1. The van der Waals surface area contributed by atoms with Crippen molar-refractivity contribution in [3.63, 3.8) is 0 Å². The smallest absolute Gasteiger partial charge is 0.0547 e. The van der Waals surface area contributed by atoms with Crippen molar-refractivity contribution < 1.29 is 4.74 Å². The first-order valence-corrected chi connectivity index (χ1v) is 7.36. The van der Waals surface area contributed by atoms with Gasteiger partial charge in [0.2, 0.25) is 0 Å². The second-order valence-corrected chi connectivity index (χ2v) is 6.32. The summed E-state index contributed by atoms with van der Waals surface area (Å²) in [5, 5.41) is 0. The van der Waals surface area contributed by atoms with E-state index in [2.05, 4.69) is 35.0 Å². The quantitative estimate of drug-likeness (QED) is 0.832. The summed E-state index contributed by atoms with van der Waals surface area (Å²) >= 11 is 0. The number of likely N-dealkylation sites (tertiary alicyclic amines) is 1. The Hall–Kier alpha value is -0.930. The van der Waals surface area contributed by atoms with E-state index in [0.29, 0.717) is 5.41 Å². The Bertz CT molecular complexity index is 448. The predicted octanol–water partition coefficient (Wildman–Crippen LogP) is 2.64. The van der Waals surface area contributed by atoms with Gasteiger partial charge in [-0.1, -0.05) is 12.5 Å². The molecule has 3 rings (SSSR count). The van der Waals surface area contributed by atoms with Crippen LogP contribution in [0.2, 0.25) is 0 Å². The van der Waals surface area contributed by atoms with Gasteiger partial charge < -0.3 is 4.74 Å². The zero-order chi connectivity index (χ0) is 13.3. The van der Waals surface area contributed by atoms with E-state index in [1.165, 1.54) is 38.0 Å². The molecule has 2 atom stereocenters. The lowest BCUT2D eigenvalue weighted by Gasteiger charge is -2.28.